The van der Waals surface area contributed by atoms with Crippen molar-refractivity contribution in [3.05, 3.63) is 29.3 Å². The van der Waals surface area contributed by atoms with E-state index in [9.17, 15) is 24.0 Å². The number of amides is 5. The average Bonchev–Trinajstić information content (AvgIpc) is 3.02. The van der Waals surface area contributed by atoms with Crippen LogP contribution in [0, 0.1) is 0 Å². The van der Waals surface area contributed by atoms with Crippen LogP contribution in [0.25, 0.3) is 0 Å². The highest BCUT2D eigenvalue weighted by Crippen LogP contribution is 2.30. The minimum atomic E-state index is -1.02. The zero-order chi connectivity index (χ0) is 24.0. The Morgan fingerprint density at radius 1 is 1.06 bits per heavy atom. The highest BCUT2D eigenvalue weighted by atomic mass is 16.5. The summed E-state index contributed by atoms with van der Waals surface area (Å²) in [6.07, 6.45) is -0.868. The largest absolute Gasteiger partial charge is 0.491 e. The van der Waals surface area contributed by atoms with E-state index in [1.165, 1.54) is 19.2 Å². The first-order chi connectivity index (χ1) is 15.8. The van der Waals surface area contributed by atoms with Gasteiger partial charge in [-0.2, -0.15) is 0 Å². The second kappa shape index (κ2) is 10.9. The SMILES string of the molecule is CN(CCOCCOCCOc1ccc2c(c1)C(=O)N(C1CCC(=O)NC1=O)C2=O)C(=O)O. The minimum absolute atomic E-state index is 0.0581. The molecular weight excluding hydrogens is 438 g/mol. The standard InChI is InChI=1S/C21H25N3O9/c1-23(21(29)30)6-7-31-8-9-32-10-11-33-13-2-3-14-15(12-13)20(28)24(19(14)27)16-4-5-17(25)22-18(16)26/h2-3,12,16H,4-11H2,1H3,(H,29,30)(H,22,25,26). The molecule has 1 saturated heterocycles. The van der Waals surface area contributed by atoms with Gasteiger partial charge >= 0.3 is 6.09 Å². The number of ether oxygens (including phenoxy) is 3. The molecule has 5 amide bonds. The van der Waals surface area contributed by atoms with Crippen LogP contribution in [0.5, 0.6) is 5.75 Å². The molecule has 0 saturated carbocycles. The van der Waals surface area contributed by atoms with Gasteiger partial charge in [-0.3, -0.25) is 29.4 Å². The maximum absolute atomic E-state index is 12.8. The number of hydrogen-bond donors (Lipinski definition) is 2. The molecule has 1 atom stereocenters. The molecule has 2 aliphatic rings. The molecule has 3 rings (SSSR count). The Morgan fingerprint density at radius 2 is 1.73 bits per heavy atom. The zero-order valence-electron chi connectivity index (χ0n) is 18.1. The van der Waals surface area contributed by atoms with Crippen LogP contribution in [0.15, 0.2) is 18.2 Å². The van der Waals surface area contributed by atoms with Crippen LogP contribution in [0.2, 0.25) is 0 Å². The Balaban J connectivity index is 1.42. The third kappa shape index (κ3) is 5.84. The molecule has 0 bridgehead atoms. The Hall–Kier alpha value is -3.51. The lowest BCUT2D eigenvalue weighted by molar-refractivity contribution is -0.136. The maximum Gasteiger partial charge on any atom is 0.407 e. The summed E-state index contributed by atoms with van der Waals surface area (Å²) >= 11 is 0. The highest BCUT2D eigenvalue weighted by Gasteiger charge is 2.44. The predicted molar refractivity (Wildman–Crippen MR) is 111 cm³/mol. The fraction of sp³-hybridized carbons (Fsp3) is 0.476. The number of carbonyl (C=O) groups is 5. The van der Waals surface area contributed by atoms with Crippen LogP contribution in [-0.2, 0) is 19.1 Å². The smallest absolute Gasteiger partial charge is 0.407 e. The van der Waals surface area contributed by atoms with Crippen molar-refractivity contribution in [1.29, 1.82) is 0 Å². The van der Waals surface area contributed by atoms with Gasteiger partial charge in [-0.1, -0.05) is 0 Å². The molecule has 2 N–H and O–H groups in total. The zero-order valence-corrected chi connectivity index (χ0v) is 18.1. The molecule has 178 valence electrons. The summed E-state index contributed by atoms with van der Waals surface area (Å²) in [6, 6.07) is 3.46. The average molecular weight is 463 g/mol. The Kier molecular flexibility index (Phi) is 7.96. The number of nitrogens with zero attached hydrogens (tertiary/aromatic N) is 2. The lowest BCUT2D eigenvalue weighted by Crippen LogP contribution is -2.54. The summed E-state index contributed by atoms with van der Waals surface area (Å²) in [7, 11) is 1.45. The number of carboxylic acid groups (broad SMARTS) is 1. The van der Waals surface area contributed by atoms with E-state index in [1.54, 1.807) is 6.07 Å². The summed E-state index contributed by atoms with van der Waals surface area (Å²) in [6.45, 7) is 1.58. The van der Waals surface area contributed by atoms with E-state index in [0.717, 1.165) is 9.80 Å². The number of carbonyl (C=O) groups excluding carboxylic acids is 4. The van der Waals surface area contributed by atoms with Crippen molar-refractivity contribution >= 4 is 29.7 Å². The quantitative estimate of drug-likeness (QED) is 0.344. The second-order valence-corrected chi connectivity index (χ2v) is 7.43. The Morgan fingerprint density at radius 3 is 2.42 bits per heavy atom. The summed E-state index contributed by atoms with van der Waals surface area (Å²) in [4.78, 5) is 61.5. The van der Waals surface area contributed by atoms with Crippen molar-refractivity contribution in [1.82, 2.24) is 15.1 Å². The van der Waals surface area contributed by atoms with E-state index >= 15 is 0 Å². The minimum Gasteiger partial charge on any atom is -0.491 e. The van der Waals surface area contributed by atoms with E-state index in [4.69, 9.17) is 19.3 Å². The monoisotopic (exact) mass is 463 g/mol. The van der Waals surface area contributed by atoms with E-state index < -0.39 is 35.8 Å². The van der Waals surface area contributed by atoms with Gasteiger partial charge < -0.3 is 24.2 Å². The fourth-order valence-electron chi connectivity index (χ4n) is 3.38. The van der Waals surface area contributed by atoms with Crippen LogP contribution >= 0.6 is 0 Å². The first-order valence-electron chi connectivity index (χ1n) is 10.4. The molecule has 0 spiro atoms. The van der Waals surface area contributed by atoms with Crippen molar-refractivity contribution in [2.45, 2.75) is 18.9 Å². The van der Waals surface area contributed by atoms with Crippen molar-refractivity contribution in [2.24, 2.45) is 0 Å². The van der Waals surface area contributed by atoms with Gasteiger partial charge in [0.25, 0.3) is 11.8 Å². The first-order valence-corrected chi connectivity index (χ1v) is 10.4. The molecular formula is C21H25N3O9. The number of imide groups is 2. The number of hydrogen-bond acceptors (Lipinski definition) is 8. The van der Waals surface area contributed by atoms with Crippen LogP contribution in [0.4, 0.5) is 4.79 Å². The van der Waals surface area contributed by atoms with E-state index in [0.29, 0.717) is 19.0 Å². The van der Waals surface area contributed by atoms with Crippen molar-refractivity contribution in [3.8, 4) is 5.75 Å². The number of piperidine rings is 1. The normalized spacial score (nSPS) is 17.7. The second-order valence-electron chi connectivity index (χ2n) is 7.43. The lowest BCUT2D eigenvalue weighted by atomic mass is 10.0. The number of benzene rings is 1. The molecule has 0 aliphatic carbocycles. The molecule has 1 unspecified atom stereocenters. The third-order valence-corrected chi connectivity index (χ3v) is 5.18. The number of rotatable bonds is 11. The van der Waals surface area contributed by atoms with Crippen LogP contribution in [0.1, 0.15) is 33.6 Å². The highest BCUT2D eigenvalue weighted by molar-refractivity contribution is 6.23. The number of likely N-dealkylation sites (N-methyl/N-ethyl adjacent to an activating group) is 1. The number of fused-ring (bicyclic) bond motifs is 1. The fourth-order valence-corrected chi connectivity index (χ4v) is 3.38. The molecule has 1 fully saturated rings. The van der Waals surface area contributed by atoms with Gasteiger partial charge in [-0.15, -0.1) is 0 Å². The summed E-state index contributed by atoms with van der Waals surface area (Å²) < 4.78 is 16.2. The molecule has 2 heterocycles. The summed E-state index contributed by atoms with van der Waals surface area (Å²) in [5, 5.41) is 10.9. The topological polar surface area (TPSA) is 152 Å². The number of nitrogens with one attached hydrogen (secondary N) is 1. The Labute approximate surface area is 189 Å². The predicted octanol–water partition coefficient (Wildman–Crippen LogP) is 0.110. The van der Waals surface area contributed by atoms with Gasteiger partial charge in [0, 0.05) is 20.0 Å². The van der Waals surface area contributed by atoms with Gasteiger partial charge in [0.05, 0.1) is 37.6 Å². The summed E-state index contributed by atoms with van der Waals surface area (Å²) in [5.41, 5.74) is 0.321. The first kappa shape index (κ1) is 24.1. The van der Waals surface area contributed by atoms with Crippen LogP contribution < -0.4 is 10.1 Å². The maximum atomic E-state index is 12.8. The molecule has 12 heteroatoms. The third-order valence-electron chi connectivity index (χ3n) is 5.18. The Bertz CT molecular complexity index is 949. The van der Waals surface area contributed by atoms with Crippen molar-refractivity contribution in [3.63, 3.8) is 0 Å². The molecule has 33 heavy (non-hydrogen) atoms. The van der Waals surface area contributed by atoms with E-state index in [-0.39, 0.29) is 50.3 Å². The van der Waals surface area contributed by atoms with Gasteiger partial charge in [-0.25, -0.2) is 4.79 Å². The lowest BCUT2D eigenvalue weighted by Gasteiger charge is -2.27. The van der Waals surface area contributed by atoms with Crippen LogP contribution in [-0.4, -0.2) is 97.3 Å². The van der Waals surface area contributed by atoms with Gasteiger partial charge in [0.1, 0.15) is 18.4 Å². The van der Waals surface area contributed by atoms with Crippen LogP contribution in [0.3, 0.4) is 0 Å². The van der Waals surface area contributed by atoms with Gasteiger partial charge in [0.2, 0.25) is 11.8 Å². The van der Waals surface area contributed by atoms with E-state index in [1.807, 2.05) is 0 Å². The molecule has 12 nitrogen and oxygen atoms in total. The van der Waals surface area contributed by atoms with Gasteiger partial charge in [-0.05, 0) is 24.6 Å². The van der Waals surface area contributed by atoms with Crippen molar-refractivity contribution < 1.29 is 43.3 Å². The van der Waals surface area contributed by atoms with E-state index in [2.05, 4.69) is 5.32 Å². The summed E-state index contributed by atoms with van der Waals surface area (Å²) in [5.74, 6) is -1.89. The molecule has 0 radical (unpaired) electrons. The molecule has 1 aromatic rings. The molecule has 0 aromatic heterocycles. The van der Waals surface area contributed by atoms with Gasteiger partial charge in [0.15, 0.2) is 0 Å². The molecule has 2 aliphatic heterocycles. The molecule has 1 aromatic carbocycles. The van der Waals surface area contributed by atoms with Crippen molar-refractivity contribution in [2.75, 3.05) is 46.6 Å².